The fourth-order valence-electron chi connectivity index (χ4n) is 3.73. The predicted octanol–water partition coefficient (Wildman–Crippen LogP) is 0.693. The van der Waals surface area contributed by atoms with E-state index in [-0.39, 0.29) is 33.7 Å². The first-order valence-corrected chi connectivity index (χ1v) is 10.4. The molecule has 0 saturated heterocycles. The molecule has 0 amide bonds. The van der Waals surface area contributed by atoms with Gasteiger partial charge in [-0.2, -0.15) is 0 Å². The molecule has 1 saturated carbocycles. The molecule has 1 fully saturated rings. The highest BCUT2D eigenvalue weighted by Gasteiger charge is 2.49. The van der Waals surface area contributed by atoms with Crippen molar-refractivity contribution in [3.05, 3.63) is 56.1 Å². The Morgan fingerprint density at radius 2 is 2.00 bits per heavy atom. The molecule has 2 heterocycles. The summed E-state index contributed by atoms with van der Waals surface area (Å²) in [5.74, 6) is 0.289. The summed E-state index contributed by atoms with van der Waals surface area (Å²) < 4.78 is 45.6. The number of benzene rings is 1. The summed E-state index contributed by atoms with van der Waals surface area (Å²) in [7, 11) is -2.76. The van der Waals surface area contributed by atoms with Crippen LogP contribution in [0.2, 0.25) is 0 Å². The summed E-state index contributed by atoms with van der Waals surface area (Å²) >= 11 is 0. The average Bonchev–Trinajstić information content (AvgIpc) is 3.36. The number of alkyl halides is 1. The molecule has 154 valence electrons. The number of rotatable bonds is 5. The van der Waals surface area contributed by atoms with Crippen molar-refractivity contribution < 1.29 is 17.3 Å². The summed E-state index contributed by atoms with van der Waals surface area (Å²) in [4.78, 5) is 25.8. The van der Waals surface area contributed by atoms with Crippen molar-refractivity contribution in [1.82, 2.24) is 14.3 Å². The number of primary sulfonamides is 1. The van der Waals surface area contributed by atoms with Gasteiger partial charge in [-0.1, -0.05) is 5.16 Å². The summed E-state index contributed by atoms with van der Waals surface area (Å²) in [5.41, 5.74) is -1.60. The maximum Gasteiger partial charge on any atom is 0.331 e. The number of aromatic nitrogens is 3. The lowest BCUT2D eigenvalue weighted by molar-refractivity contribution is 0.369. The largest absolute Gasteiger partial charge is 0.359 e. The van der Waals surface area contributed by atoms with Crippen LogP contribution in [-0.4, -0.2) is 29.4 Å². The van der Waals surface area contributed by atoms with Gasteiger partial charge in [-0.05, 0) is 37.5 Å². The number of fused-ring (bicyclic) bond motifs is 1. The van der Waals surface area contributed by atoms with E-state index in [0.717, 1.165) is 4.57 Å². The third kappa shape index (κ3) is 3.01. The van der Waals surface area contributed by atoms with Crippen LogP contribution in [0.15, 0.2) is 37.2 Å². The van der Waals surface area contributed by atoms with Crippen molar-refractivity contribution >= 4 is 20.9 Å². The number of nitrogens with zero attached hydrogens (tertiary/aromatic N) is 3. The van der Waals surface area contributed by atoms with Gasteiger partial charge in [0.1, 0.15) is 0 Å². The number of hydrogen-bond acceptors (Lipinski definition) is 6. The number of aryl methyl sites for hydroxylation is 2. The summed E-state index contributed by atoms with van der Waals surface area (Å²) in [6.07, 6.45) is 0.767. The zero-order chi connectivity index (χ0) is 21.1. The van der Waals surface area contributed by atoms with E-state index in [0.29, 0.717) is 18.5 Å². The Kier molecular flexibility index (Phi) is 4.28. The summed E-state index contributed by atoms with van der Waals surface area (Å²) in [5, 5.41) is 9.07. The summed E-state index contributed by atoms with van der Waals surface area (Å²) in [6, 6.07) is 4.16. The van der Waals surface area contributed by atoms with Crippen LogP contribution >= 0.6 is 0 Å². The van der Waals surface area contributed by atoms with E-state index in [1.54, 1.807) is 13.0 Å². The van der Waals surface area contributed by atoms with Crippen LogP contribution in [0.3, 0.4) is 0 Å². The van der Waals surface area contributed by atoms with Gasteiger partial charge in [-0.3, -0.25) is 18.3 Å². The van der Waals surface area contributed by atoms with Crippen molar-refractivity contribution in [2.24, 2.45) is 12.2 Å². The quantitative estimate of drug-likeness (QED) is 0.644. The second-order valence-electron chi connectivity index (χ2n) is 7.46. The van der Waals surface area contributed by atoms with Crippen molar-refractivity contribution in [1.29, 1.82) is 0 Å². The number of halogens is 1. The monoisotopic (exact) mass is 422 g/mol. The number of hydrogen-bond donors (Lipinski definition) is 1. The molecule has 29 heavy (non-hydrogen) atoms. The molecule has 0 unspecified atom stereocenters. The third-order valence-electron chi connectivity index (χ3n) is 5.42. The molecule has 1 aromatic carbocycles. The van der Waals surface area contributed by atoms with Gasteiger partial charge in [0.15, 0.2) is 5.76 Å². The molecule has 0 radical (unpaired) electrons. The SMILES string of the molecule is Cc1cc(Cn2c(=O)c3c(C4(CF)CC4)c(S(N)(=O)=O)ccc3n(C)c2=O)on1. The molecule has 0 aliphatic heterocycles. The van der Waals surface area contributed by atoms with E-state index in [1.165, 1.54) is 23.7 Å². The minimum Gasteiger partial charge on any atom is -0.359 e. The van der Waals surface area contributed by atoms with Crippen LogP contribution < -0.4 is 16.4 Å². The Balaban J connectivity index is 2.12. The first kappa shape index (κ1) is 19.5. The molecule has 9 nitrogen and oxygen atoms in total. The minimum absolute atomic E-state index is 0.0231. The Labute approximate surface area is 164 Å². The Hall–Kier alpha value is -2.79. The lowest BCUT2D eigenvalue weighted by Gasteiger charge is -2.20. The highest BCUT2D eigenvalue weighted by atomic mass is 32.2. The smallest absolute Gasteiger partial charge is 0.331 e. The first-order valence-electron chi connectivity index (χ1n) is 8.87. The van der Waals surface area contributed by atoms with Gasteiger partial charge in [-0.25, -0.2) is 18.4 Å². The van der Waals surface area contributed by atoms with E-state index in [1.807, 2.05) is 0 Å². The van der Waals surface area contributed by atoms with Crippen molar-refractivity contribution in [3.63, 3.8) is 0 Å². The Morgan fingerprint density at radius 3 is 2.52 bits per heavy atom. The van der Waals surface area contributed by atoms with Crippen LogP contribution in [0, 0.1) is 6.92 Å². The first-order chi connectivity index (χ1) is 13.6. The molecule has 3 aromatic rings. The maximum absolute atomic E-state index is 13.9. The van der Waals surface area contributed by atoms with E-state index >= 15 is 0 Å². The molecular weight excluding hydrogens is 403 g/mol. The Bertz CT molecular complexity index is 1370. The van der Waals surface area contributed by atoms with Gasteiger partial charge in [0.05, 0.1) is 34.7 Å². The lowest BCUT2D eigenvalue weighted by atomic mass is 9.93. The molecule has 0 bridgehead atoms. The highest BCUT2D eigenvalue weighted by Crippen LogP contribution is 2.52. The fraction of sp³-hybridized carbons (Fsp3) is 0.389. The van der Waals surface area contributed by atoms with E-state index in [9.17, 15) is 22.4 Å². The predicted molar refractivity (Wildman–Crippen MR) is 102 cm³/mol. The molecule has 1 aliphatic carbocycles. The number of sulfonamides is 1. The van der Waals surface area contributed by atoms with Gasteiger partial charge in [0.25, 0.3) is 5.56 Å². The maximum atomic E-state index is 13.9. The second kappa shape index (κ2) is 6.36. The standard InChI is InChI=1S/C18H19FN4O5S/c1-10-7-11(28-21-10)8-23-16(24)14-12(22(2)17(23)25)3-4-13(29(20,26)27)15(14)18(9-19)5-6-18/h3-4,7H,5-6,8-9H2,1-2H3,(H2,20,26,27). The van der Waals surface area contributed by atoms with Crippen molar-refractivity contribution in [2.75, 3.05) is 6.67 Å². The van der Waals surface area contributed by atoms with Crippen LogP contribution in [0.25, 0.3) is 10.9 Å². The molecule has 11 heteroatoms. The van der Waals surface area contributed by atoms with Gasteiger partial charge < -0.3 is 4.52 Å². The molecule has 2 aromatic heterocycles. The van der Waals surface area contributed by atoms with E-state index in [2.05, 4.69) is 5.16 Å². The molecule has 0 spiro atoms. The van der Waals surface area contributed by atoms with Gasteiger partial charge in [-0.15, -0.1) is 0 Å². The van der Waals surface area contributed by atoms with Crippen LogP contribution in [0.1, 0.15) is 29.9 Å². The van der Waals surface area contributed by atoms with E-state index in [4.69, 9.17) is 9.66 Å². The fourth-order valence-corrected chi connectivity index (χ4v) is 4.59. The topological polar surface area (TPSA) is 130 Å². The van der Waals surface area contributed by atoms with Crippen LogP contribution in [0.4, 0.5) is 4.39 Å². The van der Waals surface area contributed by atoms with E-state index < -0.39 is 33.4 Å². The molecule has 0 atom stereocenters. The highest BCUT2D eigenvalue weighted by molar-refractivity contribution is 7.89. The van der Waals surface area contributed by atoms with Crippen LogP contribution in [-0.2, 0) is 29.0 Å². The second-order valence-corrected chi connectivity index (χ2v) is 8.99. The Morgan fingerprint density at radius 1 is 1.31 bits per heavy atom. The molecule has 1 aliphatic rings. The van der Waals surface area contributed by atoms with Crippen LogP contribution in [0.5, 0.6) is 0 Å². The van der Waals surface area contributed by atoms with Gasteiger partial charge in [0, 0.05) is 18.5 Å². The van der Waals surface area contributed by atoms with Gasteiger partial charge in [0.2, 0.25) is 10.0 Å². The minimum atomic E-state index is -4.22. The zero-order valence-corrected chi connectivity index (χ0v) is 16.6. The summed E-state index contributed by atoms with van der Waals surface area (Å²) in [6.45, 7) is 0.672. The number of nitrogens with two attached hydrogens (primary N) is 1. The average molecular weight is 422 g/mol. The van der Waals surface area contributed by atoms with Crippen molar-refractivity contribution in [2.45, 2.75) is 36.6 Å². The molecule has 4 rings (SSSR count). The lowest BCUT2D eigenvalue weighted by Crippen LogP contribution is -2.40. The zero-order valence-electron chi connectivity index (χ0n) is 15.8. The van der Waals surface area contributed by atoms with Gasteiger partial charge >= 0.3 is 5.69 Å². The molecular formula is C18H19FN4O5S. The normalized spacial score (nSPS) is 15.7. The molecule has 2 N–H and O–H groups in total. The third-order valence-corrected chi connectivity index (χ3v) is 6.37. The van der Waals surface area contributed by atoms with Crippen molar-refractivity contribution in [3.8, 4) is 0 Å².